The highest BCUT2D eigenvalue weighted by Gasteiger charge is 2.33. The standard InChI is InChI=1S/C50H83N3O/c1-34(2)27-45(53-22-14-15-50(53)54)31-43(32-48(38(9)10)41-18-16-40(17-19-41)47(37(7)8)28-35(3)4)42-20-21-46(49(39(11)12)29-36(5)6)44(30-42)33-52-25-23-51(13)24-26-52/h16-21,30,34-39,43,45,47-49H,14-15,22-29,31-33H2,1-13H3. The van der Waals surface area contributed by atoms with Crippen molar-refractivity contribution in [1.82, 2.24) is 14.7 Å². The minimum Gasteiger partial charge on any atom is -0.340 e. The van der Waals surface area contributed by atoms with Gasteiger partial charge in [0.25, 0.3) is 0 Å². The lowest BCUT2D eigenvalue weighted by Crippen LogP contribution is -2.44. The van der Waals surface area contributed by atoms with Crippen LogP contribution in [-0.4, -0.2) is 66.4 Å². The molecule has 0 aliphatic carbocycles. The molecule has 54 heavy (non-hydrogen) atoms. The fourth-order valence-electron chi connectivity index (χ4n) is 9.93. The number of carbonyl (C=O) groups excluding carboxylic acids is 1. The van der Waals surface area contributed by atoms with E-state index < -0.39 is 0 Å². The monoisotopic (exact) mass is 742 g/mol. The molecule has 2 heterocycles. The Morgan fingerprint density at radius 2 is 1.06 bits per heavy atom. The van der Waals surface area contributed by atoms with Gasteiger partial charge in [0.1, 0.15) is 0 Å². The Bertz CT molecular complexity index is 1400. The summed E-state index contributed by atoms with van der Waals surface area (Å²) in [7, 11) is 2.26. The number of hydrogen-bond acceptors (Lipinski definition) is 3. The van der Waals surface area contributed by atoms with Gasteiger partial charge in [-0.15, -0.1) is 0 Å². The Hall–Kier alpha value is -2.17. The van der Waals surface area contributed by atoms with Gasteiger partial charge >= 0.3 is 0 Å². The highest BCUT2D eigenvalue weighted by molar-refractivity contribution is 5.78. The molecule has 0 N–H and O–H groups in total. The Kier molecular flexibility index (Phi) is 17.2. The van der Waals surface area contributed by atoms with Gasteiger partial charge < -0.3 is 9.80 Å². The Balaban J connectivity index is 1.79. The smallest absolute Gasteiger partial charge is 0.222 e. The van der Waals surface area contributed by atoms with Gasteiger partial charge in [0.2, 0.25) is 5.91 Å². The van der Waals surface area contributed by atoms with Gasteiger partial charge in [-0.3, -0.25) is 9.69 Å². The van der Waals surface area contributed by atoms with Crippen LogP contribution in [0.25, 0.3) is 0 Å². The lowest BCUT2D eigenvalue weighted by Gasteiger charge is -2.36. The van der Waals surface area contributed by atoms with Crippen LogP contribution < -0.4 is 0 Å². The summed E-state index contributed by atoms with van der Waals surface area (Å²) < 4.78 is 0. The Labute approximate surface area is 334 Å². The number of nitrogens with zero attached hydrogens (tertiary/aromatic N) is 3. The van der Waals surface area contributed by atoms with Crippen LogP contribution in [0.1, 0.15) is 180 Å². The molecule has 0 radical (unpaired) electrons. The van der Waals surface area contributed by atoms with Gasteiger partial charge in [0.05, 0.1) is 0 Å². The third-order valence-electron chi connectivity index (χ3n) is 13.1. The third-order valence-corrected chi connectivity index (χ3v) is 13.1. The SMILES string of the molecule is CC(C)CC(c1ccc(C(CC(CC(CC(C)C)N2CCCC2=O)c2ccc(C(CC(C)C)C(C)C)c(CN3CCN(C)CC3)c2)C(C)C)cc1)C(C)C. The summed E-state index contributed by atoms with van der Waals surface area (Å²) in [5.41, 5.74) is 7.60. The summed E-state index contributed by atoms with van der Waals surface area (Å²) in [6, 6.07) is 17.9. The number of piperazine rings is 1. The molecule has 304 valence electrons. The zero-order valence-electron chi connectivity index (χ0n) is 37.3. The van der Waals surface area contributed by atoms with E-state index in [-0.39, 0.29) is 6.04 Å². The number of likely N-dealkylation sites (tertiary alicyclic amines) is 1. The molecule has 0 bridgehead atoms. The van der Waals surface area contributed by atoms with E-state index in [0.29, 0.717) is 71.5 Å². The molecule has 1 amide bonds. The lowest BCUT2D eigenvalue weighted by atomic mass is 9.74. The summed E-state index contributed by atoms with van der Waals surface area (Å²) in [6.07, 6.45) is 7.41. The molecule has 5 unspecified atom stereocenters. The molecule has 0 saturated carbocycles. The summed E-state index contributed by atoms with van der Waals surface area (Å²) in [6.45, 7) is 35.2. The number of benzene rings is 2. The van der Waals surface area contributed by atoms with E-state index >= 15 is 0 Å². The molecule has 4 rings (SSSR count). The highest BCUT2D eigenvalue weighted by atomic mass is 16.2. The minimum atomic E-state index is 0.285. The van der Waals surface area contributed by atoms with Gasteiger partial charge in [-0.05, 0) is 133 Å². The molecule has 4 heteroatoms. The van der Waals surface area contributed by atoms with Crippen LogP contribution >= 0.6 is 0 Å². The first kappa shape index (κ1) is 44.5. The summed E-state index contributed by atoms with van der Waals surface area (Å²) in [5, 5.41) is 0. The minimum absolute atomic E-state index is 0.285. The average molecular weight is 742 g/mol. The lowest BCUT2D eigenvalue weighted by molar-refractivity contribution is -0.130. The maximum Gasteiger partial charge on any atom is 0.222 e. The summed E-state index contributed by atoms with van der Waals surface area (Å²) in [5.74, 6) is 6.01. The number of likely N-dealkylation sites (N-methyl/N-ethyl adjacent to an activating group) is 1. The molecule has 0 aromatic heterocycles. The van der Waals surface area contributed by atoms with Crippen molar-refractivity contribution >= 4 is 5.91 Å². The first-order chi connectivity index (χ1) is 25.5. The molecule has 2 fully saturated rings. The van der Waals surface area contributed by atoms with Crippen molar-refractivity contribution < 1.29 is 4.79 Å². The first-order valence-corrected chi connectivity index (χ1v) is 22.5. The van der Waals surface area contributed by atoms with Crippen LogP contribution in [0, 0.1) is 35.5 Å². The number of amides is 1. The molecule has 2 aliphatic rings. The predicted molar refractivity (Wildman–Crippen MR) is 233 cm³/mol. The van der Waals surface area contributed by atoms with Crippen molar-refractivity contribution in [2.75, 3.05) is 39.8 Å². The van der Waals surface area contributed by atoms with Gasteiger partial charge in [-0.2, -0.15) is 0 Å². The van der Waals surface area contributed by atoms with Gasteiger partial charge in [-0.25, -0.2) is 0 Å². The fourth-order valence-corrected chi connectivity index (χ4v) is 9.93. The van der Waals surface area contributed by atoms with Gasteiger partial charge in [-0.1, -0.05) is 126 Å². The zero-order chi connectivity index (χ0) is 39.7. The van der Waals surface area contributed by atoms with Crippen LogP contribution in [0.2, 0.25) is 0 Å². The third kappa shape index (κ3) is 12.7. The van der Waals surface area contributed by atoms with E-state index in [1.807, 2.05) is 0 Å². The second-order valence-electron chi connectivity index (χ2n) is 20.2. The van der Waals surface area contributed by atoms with Gasteiger partial charge in [0.15, 0.2) is 0 Å². The molecular formula is C50H83N3O. The van der Waals surface area contributed by atoms with Crippen LogP contribution in [0.3, 0.4) is 0 Å². The Morgan fingerprint density at radius 3 is 1.54 bits per heavy atom. The van der Waals surface area contributed by atoms with Crippen LogP contribution in [0.15, 0.2) is 42.5 Å². The molecule has 5 atom stereocenters. The van der Waals surface area contributed by atoms with E-state index in [9.17, 15) is 4.79 Å². The van der Waals surface area contributed by atoms with Crippen molar-refractivity contribution in [3.05, 3.63) is 70.3 Å². The maximum absolute atomic E-state index is 13.4. The van der Waals surface area contributed by atoms with Gasteiger partial charge in [0, 0.05) is 51.7 Å². The number of carbonyl (C=O) groups is 1. The quantitative estimate of drug-likeness (QED) is 0.135. The van der Waals surface area contributed by atoms with Crippen LogP contribution in [-0.2, 0) is 11.3 Å². The average Bonchev–Trinajstić information content (AvgIpc) is 3.53. The Morgan fingerprint density at radius 1 is 0.556 bits per heavy atom. The van der Waals surface area contributed by atoms with E-state index in [2.05, 4.69) is 147 Å². The van der Waals surface area contributed by atoms with E-state index in [1.165, 1.54) is 29.5 Å². The highest BCUT2D eigenvalue weighted by Crippen LogP contribution is 2.42. The van der Waals surface area contributed by atoms with Crippen molar-refractivity contribution in [1.29, 1.82) is 0 Å². The summed E-state index contributed by atoms with van der Waals surface area (Å²) >= 11 is 0. The van der Waals surface area contributed by atoms with Crippen LogP contribution in [0.5, 0.6) is 0 Å². The van der Waals surface area contributed by atoms with Crippen LogP contribution in [0.4, 0.5) is 0 Å². The van der Waals surface area contributed by atoms with Crippen molar-refractivity contribution in [2.45, 2.75) is 164 Å². The normalized spacial score (nSPS) is 19.2. The largest absolute Gasteiger partial charge is 0.340 e. The predicted octanol–water partition coefficient (Wildman–Crippen LogP) is 12.3. The summed E-state index contributed by atoms with van der Waals surface area (Å²) in [4.78, 5) is 20.8. The molecule has 2 aromatic rings. The fraction of sp³-hybridized carbons (Fsp3) is 0.740. The van der Waals surface area contributed by atoms with Crippen molar-refractivity contribution in [3.63, 3.8) is 0 Å². The van der Waals surface area contributed by atoms with E-state index in [1.54, 1.807) is 11.1 Å². The number of rotatable bonds is 20. The maximum atomic E-state index is 13.4. The van der Waals surface area contributed by atoms with Crippen molar-refractivity contribution in [3.8, 4) is 0 Å². The topological polar surface area (TPSA) is 26.8 Å². The molecule has 0 spiro atoms. The molecule has 4 nitrogen and oxygen atoms in total. The zero-order valence-corrected chi connectivity index (χ0v) is 37.3. The molecule has 2 aliphatic heterocycles. The van der Waals surface area contributed by atoms with Crippen molar-refractivity contribution in [2.24, 2.45) is 35.5 Å². The second kappa shape index (κ2) is 20.8. The molecular weight excluding hydrogens is 659 g/mol. The molecule has 2 aromatic carbocycles. The molecule has 2 saturated heterocycles. The van der Waals surface area contributed by atoms with E-state index in [0.717, 1.165) is 65.0 Å². The second-order valence-corrected chi connectivity index (χ2v) is 20.2. The number of hydrogen-bond donors (Lipinski definition) is 0. The first-order valence-electron chi connectivity index (χ1n) is 22.5. The van der Waals surface area contributed by atoms with E-state index in [4.69, 9.17) is 0 Å².